The molecule has 0 aromatic rings. The Morgan fingerprint density at radius 3 is 2.60 bits per heavy atom. The van der Waals surface area contributed by atoms with Crippen LogP contribution in [0.4, 0.5) is 0 Å². The summed E-state index contributed by atoms with van der Waals surface area (Å²) in [4.78, 5) is 5.10. The largest absolute Gasteiger partial charge is 0.315 e. The molecule has 3 nitrogen and oxygen atoms in total. The normalized spacial score (nSPS) is 34.4. The zero-order valence-electron chi connectivity index (χ0n) is 10.4. The number of rotatable bonds is 3. The summed E-state index contributed by atoms with van der Waals surface area (Å²) in [6.07, 6.45) is 4.16. The Labute approximate surface area is 93.8 Å². The van der Waals surface area contributed by atoms with Gasteiger partial charge >= 0.3 is 0 Å². The maximum absolute atomic E-state index is 3.58. The van der Waals surface area contributed by atoms with Crippen LogP contribution in [0.2, 0.25) is 0 Å². The van der Waals surface area contributed by atoms with E-state index in [9.17, 15) is 0 Å². The topological polar surface area (TPSA) is 18.5 Å². The van der Waals surface area contributed by atoms with Gasteiger partial charge in [0, 0.05) is 31.2 Å². The van der Waals surface area contributed by atoms with E-state index < -0.39 is 0 Å². The molecule has 15 heavy (non-hydrogen) atoms. The molecule has 2 aliphatic rings. The van der Waals surface area contributed by atoms with Gasteiger partial charge in [0.25, 0.3) is 0 Å². The van der Waals surface area contributed by atoms with Gasteiger partial charge in [-0.1, -0.05) is 0 Å². The van der Waals surface area contributed by atoms with Crippen LogP contribution in [-0.2, 0) is 0 Å². The maximum Gasteiger partial charge on any atom is 0.0353 e. The zero-order chi connectivity index (χ0) is 10.8. The van der Waals surface area contributed by atoms with E-state index in [1.54, 1.807) is 0 Å². The Morgan fingerprint density at radius 2 is 2.00 bits per heavy atom. The third-order valence-corrected chi connectivity index (χ3v) is 3.59. The summed E-state index contributed by atoms with van der Waals surface area (Å²) in [5.41, 5.74) is 0. The smallest absolute Gasteiger partial charge is 0.0353 e. The summed E-state index contributed by atoms with van der Waals surface area (Å²) >= 11 is 0. The van der Waals surface area contributed by atoms with Gasteiger partial charge in [-0.05, 0) is 46.8 Å². The van der Waals surface area contributed by atoms with Crippen molar-refractivity contribution in [2.45, 2.75) is 44.3 Å². The van der Waals surface area contributed by atoms with E-state index in [4.69, 9.17) is 0 Å². The lowest BCUT2D eigenvalue weighted by molar-refractivity contribution is 0.119. The first-order valence-corrected chi connectivity index (χ1v) is 6.31. The number of nitrogens with one attached hydrogen (secondary N) is 1. The molecule has 0 radical (unpaired) electrons. The predicted molar refractivity (Wildman–Crippen MR) is 64.2 cm³/mol. The molecule has 0 aromatic heterocycles. The van der Waals surface area contributed by atoms with Crippen LogP contribution >= 0.6 is 0 Å². The highest BCUT2D eigenvalue weighted by molar-refractivity contribution is 4.94. The lowest BCUT2D eigenvalue weighted by atomic mass is 10.1. The molecule has 2 unspecified atom stereocenters. The van der Waals surface area contributed by atoms with E-state index in [0.717, 1.165) is 12.1 Å². The second-order valence-electron chi connectivity index (χ2n) is 5.44. The molecule has 1 heterocycles. The van der Waals surface area contributed by atoms with E-state index in [1.165, 1.54) is 38.9 Å². The van der Waals surface area contributed by atoms with Gasteiger partial charge in [-0.15, -0.1) is 0 Å². The minimum absolute atomic E-state index is 0.713. The van der Waals surface area contributed by atoms with Gasteiger partial charge in [-0.3, -0.25) is 4.90 Å². The quantitative estimate of drug-likeness (QED) is 0.743. The molecule has 1 aliphatic heterocycles. The van der Waals surface area contributed by atoms with Gasteiger partial charge in [0.15, 0.2) is 0 Å². The van der Waals surface area contributed by atoms with Crippen LogP contribution in [0, 0.1) is 0 Å². The second kappa shape index (κ2) is 4.81. The van der Waals surface area contributed by atoms with Crippen LogP contribution in [-0.4, -0.2) is 61.7 Å². The first-order chi connectivity index (χ1) is 7.18. The molecular weight excluding hydrogens is 186 g/mol. The lowest BCUT2D eigenvalue weighted by Crippen LogP contribution is -2.49. The molecule has 88 valence electrons. The number of likely N-dealkylation sites (N-methyl/N-ethyl adjacent to an activating group) is 1. The van der Waals surface area contributed by atoms with Crippen molar-refractivity contribution in [3.8, 4) is 0 Å². The first-order valence-electron chi connectivity index (χ1n) is 6.31. The van der Waals surface area contributed by atoms with Crippen molar-refractivity contribution < 1.29 is 0 Å². The highest BCUT2D eigenvalue weighted by atomic mass is 15.3. The minimum Gasteiger partial charge on any atom is -0.315 e. The van der Waals surface area contributed by atoms with E-state index >= 15 is 0 Å². The van der Waals surface area contributed by atoms with Crippen molar-refractivity contribution in [1.82, 2.24) is 15.1 Å². The SMILES string of the molecule is CC1CCNCC(CN(C)C)N1C1CC1. The first kappa shape index (κ1) is 11.4. The molecule has 0 spiro atoms. The predicted octanol–water partition coefficient (Wildman–Crippen LogP) is 0.763. The summed E-state index contributed by atoms with van der Waals surface area (Å²) < 4.78 is 0. The molecule has 1 saturated carbocycles. The van der Waals surface area contributed by atoms with Gasteiger partial charge < -0.3 is 10.2 Å². The summed E-state index contributed by atoms with van der Waals surface area (Å²) in [6, 6.07) is 2.37. The molecule has 0 amide bonds. The Balaban J connectivity index is 2.01. The van der Waals surface area contributed by atoms with E-state index in [-0.39, 0.29) is 0 Å². The van der Waals surface area contributed by atoms with E-state index in [1.807, 2.05) is 0 Å². The molecule has 2 fully saturated rings. The van der Waals surface area contributed by atoms with E-state index in [2.05, 4.69) is 36.1 Å². The van der Waals surface area contributed by atoms with Gasteiger partial charge in [0.2, 0.25) is 0 Å². The van der Waals surface area contributed by atoms with Gasteiger partial charge in [0.1, 0.15) is 0 Å². The number of hydrogen-bond acceptors (Lipinski definition) is 3. The monoisotopic (exact) mass is 211 g/mol. The fourth-order valence-electron chi connectivity index (χ4n) is 2.81. The fraction of sp³-hybridized carbons (Fsp3) is 1.00. The van der Waals surface area contributed by atoms with Gasteiger partial charge in [-0.25, -0.2) is 0 Å². The van der Waals surface area contributed by atoms with Crippen molar-refractivity contribution in [1.29, 1.82) is 0 Å². The summed E-state index contributed by atoms with van der Waals surface area (Å²) in [7, 11) is 4.36. The highest BCUT2D eigenvalue weighted by Gasteiger charge is 2.37. The van der Waals surface area contributed by atoms with E-state index in [0.29, 0.717) is 6.04 Å². The third-order valence-electron chi connectivity index (χ3n) is 3.59. The van der Waals surface area contributed by atoms with Crippen LogP contribution in [0.25, 0.3) is 0 Å². The average molecular weight is 211 g/mol. The number of hydrogen-bond donors (Lipinski definition) is 1. The van der Waals surface area contributed by atoms with Crippen molar-refractivity contribution in [2.24, 2.45) is 0 Å². The molecule has 0 aromatic carbocycles. The van der Waals surface area contributed by atoms with Crippen LogP contribution in [0.3, 0.4) is 0 Å². The Bertz CT molecular complexity index is 201. The molecular formula is C12H25N3. The van der Waals surface area contributed by atoms with Crippen LogP contribution < -0.4 is 5.32 Å². The lowest BCUT2D eigenvalue weighted by Gasteiger charge is -2.36. The highest BCUT2D eigenvalue weighted by Crippen LogP contribution is 2.32. The summed E-state index contributed by atoms with van der Waals surface area (Å²) in [6.45, 7) is 5.94. The molecule has 2 atom stereocenters. The summed E-state index contributed by atoms with van der Waals surface area (Å²) in [5, 5.41) is 3.58. The van der Waals surface area contributed by atoms with Gasteiger partial charge in [0.05, 0.1) is 0 Å². The molecule has 0 bridgehead atoms. The van der Waals surface area contributed by atoms with Crippen molar-refractivity contribution >= 4 is 0 Å². The molecule has 1 saturated heterocycles. The van der Waals surface area contributed by atoms with Crippen LogP contribution in [0.1, 0.15) is 26.2 Å². The minimum atomic E-state index is 0.713. The van der Waals surface area contributed by atoms with Crippen molar-refractivity contribution in [3.05, 3.63) is 0 Å². The molecule has 3 heteroatoms. The van der Waals surface area contributed by atoms with Crippen molar-refractivity contribution in [3.63, 3.8) is 0 Å². The third kappa shape index (κ3) is 2.92. The zero-order valence-corrected chi connectivity index (χ0v) is 10.4. The Kier molecular flexibility index (Phi) is 3.65. The molecule has 1 N–H and O–H groups in total. The molecule has 1 aliphatic carbocycles. The van der Waals surface area contributed by atoms with Crippen LogP contribution in [0.15, 0.2) is 0 Å². The molecule has 2 rings (SSSR count). The van der Waals surface area contributed by atoms with Gasteiger partial charge in [-0.2, -0.15) is 0 Å². The van der Waals surface area contributed by atoms with Crippen molar-refractivity contribution in [2.75, 3.05) is 33.7 Å². The Morgan fingerprint density at radius 1 is 1.27 bits per heavy atom. The maximum atomic E-state index is 3.58. The standard InChI is InChI=1S/C12H25N3/c1-10-6-7-13-8-12(9-14(2)3)15(10)11-4-5-11/h10-13H,4-9H2,1-3H3. The second-order valence-corrected chi connectivity index (χ2v) is 5.44. The van der Waals surface area contributed by atoms with Crippen LogP contribution in [0.5, 0.6) is 0 Å². The fourth-order valence-corrected chi connectivity index (χ4v) is 2.81. The summed E-state index contributed by atoms with van der Waals surface area (Å²) in [5.74, 6) is 0. The average Bonchev–Trinajstić information content (AvgIpc) is 2.93. The Hall–Kier alpha value is -0.120. The number of nitrogens with zero attached hydrogens (tertiary/aromatic N) is 2.